The van der Waals surface area contributed by atoms with E-state index >= 15 is 0 Å². The van der Waals surface area contributed by atoms with Crippen LogP contribution in [0.1, 0.15) is 0 Å². The average Bonchev–Trinajstić information content (AvgIpc) is 1.80. The van der Waals surface area contributed by atoms with Gasteiger partial charge < -0.3 is 5.32 Å². The quantitative estimate of drug-likeness (QED) is 0.538. The molecule has 0 unspecified atom stereocenters. The number of nitrogens with zero attached hydrogens (tertiary/aromatic N) is 2. The van der Waals surface area contributed by atoms with E-state index in [9.17, 15) is 4.79 Å². The van der Waals surface area contributed by atoms with Crippen molar-refractivity contribution in [2.75, 3.05) is 13.3 Å². The van der Waals surface area contributed by atoms with Gasteiger partial charge in [-0.3, -0.25) is 0 Å². The van der Waals surface area contributed by atoms with E-state index in [4.69, 9.17) is 23.6 Å². The zero-order chi connectivity index (χ0) is 6.85. The Hall–Kier alpha value is -0.190. The van der Waals surface area contributed by atoms with Crippen molar-refractivity contribution >= 4 is 29.6 Å². The van der Waals surface area contributed by atoms with Gasteiger partial charge in [-0.25, -0.2) is 9.21 Å². The van der Waals surface area contributed by atoms with Gasteiger partial charge in [-0.2, -0.15) is 4.42 Å². The summed E-state index contributed by atoms with van der Waals surface area (Å²) in [4.78, 5) is 10.5. The van der Waals surface area contributed by atoms with Gasteiger partial charge in [-0.15, -0.1) is 0 Å². The highest BCUT2D eigenvalue weighted by atomic mass is 35.5. The van der Waals surface area contributed by atoms with Crippen LogP contribution in [-0.2, 0) is 0 Å². The van der Waals surface area contributed by atoms with Gasteiger partial charge in [0.2, 0.25) is 0 Å². The van der Waals surface area contributed by atoms with Crippen molar-refractivity contribution in [2.45, 2.75) is 0 Å². The molecule has 1 heterocycles. The average molecular weight is 170 g/mol. The second-order valence-corrected chi connectivity index (χ2v) is 2.49. The van der Waals surface area contributed by atoms with Crippen molar-refractivity contribution in [3.8, 4) is 0 Å². The summed E-state index contributed by atoms with van der Waals surface area (Å²) in [5, 5.41) is 2.43. The molecule has 0 aliphatic carbocycles. The molecule has 1 aliphatic rings. The molecule has 6 heteroatoms. The molecule has 4 nitrogen and oxygen atoms in total. The number of carbonyl (C=O) groups is 1. The Morgan fingerprint density at radius 2 is 2.22 bits per heavy atom. The monoisotopic (exact) mass is 169 g/mol. The maximum Gasteiger partial charge on any atom is 0.334 e. The predicted molar refractivity (Wildman–Crippen MR) is 33.6 cm³/mol. The fraction of sp³-hybridized carbons (Fsp3) is 0.667. The van der Waals surface area contributed by atoms with Gasteiger partial charge in [-0.05, 0) is 11.8 Å². The minimum Gasteiger partial charge on any atom is -0.323 e. The molecule has 0 atom stereocenters. The summed E-state index contributed by atoms with van der Waals surface area (Å²) in [5.41, 5.74) is 0. The first-order valence-electron chi connectivity index (χ1n) is 2.32. The third-order valence-corrected chi connectivity index (χ3v) is 1.39. The zero-order valence-corrected chi connectivity index (χ0v) is 5.98. The molecule has 0 aromatic rings. The first-order valence-corrected chi connectivity index (χ1v) is 2.99. The van der Waals surface area contributed by atoms with Gasteiger partial charge in [0.15, 0.2) is 0 Å². The smallest absolute Gasteiger partial charge is 0.323 e. The molecule has 0 saturated carbocycles. The summed E-state index contributed by atoms with van der Waals surface area (Å²) in [6.45, 7) is 0.582. The number of carbonyl (C=O) groups excluding carboxylic acids is 1. The highest BCUT2D eigenvalue weighted by Crippen LogP contribution is 2.04. The lowest BCUT2D eigenvalue weighted by atomic mass is 10.7. The SMILES string of the molecule is O=C1NCN(Cl)CN1Cl. The molecule has 9 heavy (non-hydrogen) atoms. The second kappa shape index (κ2) is 2.60. The Morgan fingerprint density at radius 1 is 1.56 bits per heavy atom. The van der Waals surface area contributed by atoms with E-state index in [-0.39, 0.29) is 12.7 Å². The van der Waals surface area contributed by atoms with Crippen LogP contribution in [0.4, 0.5) is 4.79 Å². The molecule has 0 spiro atoms. The third kappa shape index (κ3) is 1.61. The highest BCUT2D eigenvalue weighted by Gasteiger charge is 2.19. The fourth-order valence-corrected chi connectivity index (χ4v) is 0.898. The Bertz CT molecular complexity index is 130. The molecule has 1 saturated heterocycles. The van der Waals surface area contributed by atoms with E-state index in [0.717, 1.165) is 4.42 Å². The van der Waals surface area contributed by atoms with Crippen LogP contribution in [0.15, 0.2) is 0 Å². The fourth-order valence-electron chi connectivity index (χ4n) is 0.488. The number of rotatable bonds is 0. The van der Waals surface area contributed by atoms with Crippen molar-refractivity contribution in [3.05, 3.63) is 0 Å². The van der Waals surface area contributed by atoms with E-state index in [2.05, 4.69) is 5.32 Å². The topological polar surface area (TPSA) is 35.6 Å². The molecular weight excluding hydrogens is 165 g/mol. The van der Waals surface area contributed by atoms with Crippen molar-refractivity contribution in [1.82, 2.24) is 14.2 Å². The van der Waals surface area contributed by atoms with Gasteiger partial charge in [-0.1, -0.05) is 0 Å². The molecule has 2 amide bonds. The van der Waals surface area contributed by atoms with E-state index in [1.165, 1.54) is 4.42 Å². The predicted octanol–water partition coefficient (Wildman–Crippen LogP) is 0.536. The molecule has 0 bridgehead atoms. The number of hydrogen-bond acceptors (Lipinski definition) is 2. The molecule has 0 aromatic heterocycles. The molecule has 1 aliphatic heterocycles. The van der Waals surface area contributed by atoms with Crippen LogP contribution in [0.5, 0.6) is 0 Å². The second-order valence-electron chi connectivity index (χ2n) is 1.61. The summed E-state index contributed by atoms with van der Waals surface area (Å²) in [6.07, 6.45) is 0. The molecule has 1 fully saturated rings. The lowest BCUT2D eigenvalue weighted by molar-refractivity contribution is 0.188. The van der Waals surface area contributed by atoms with Gasteiger partial charge in [0.25, 0.3) is 0 Å². The number of amides is 2. The van der Waals surface area contributed by atoms with Crippen molar-refractivity contribution in [3.63, 3.8) is 0 Å². The number of nitrogens with one attached hydrogen (secondary N) is 1. The normalized spacial score (nSPS) is 22.0. The standard InChI is InChI=1S/C3H5Cl2N3O/c4-7-1-6-3(9)8(5)2-7/h1-2H2,(H,6,9). The van der Waals surface area contributed by atoms with Crippen LogP contribution >= 0.6 is 23.6 Å². The molecule has 0 radical (unpaired) electrons. The lowest BCUT2D eigenvalue weighted by Gasteiger charge is -2.25. The van der Waals surface area contributed by atoms with Gasteiger partial charge >= 0.3 is 6.03 Å². The third-order valence-electron chi connectivity index (χ3n) is 0.900. The first-order chi connectivity index (χ1) is 4.20. The van der Waals surface area contributed by atoms with Crippen LogP contribution in [-0.4, -0.2) is 28.2 Å². The van der Waals surface area contributed by atoms with Crippen LogP contribution in [0, 0.1) is 0 Å². The largest absolute Gasteiger partial charge is 0.334 e. The van der Waals surface area contributed by atoms with E-state index in [1.54, 1.807) is 0 Å². The summed E-state index contributed by atoms with van der Waals surface area (Å²) >= 11 is 10.8. The molecular formula is C3H5Cl2N3O. The minimum atomic E-state index is -0.312. The van der Waals surface area contributed by atoms with Crippen LogP contribution < -0.4 is 5.32 Å². The Labute approximate surface area is 62.5 Å². The van der Waals surface area contributed by atoms with Gasteiger partial charge in [0.1, 0.15) is 6.67 Å². The Balaban J connectivity index is 2.44. The summed E-state index contributed by atoms with van der Waals surface area (Å²) < 4.78 is 2.32. The number of halogens is 2. The molecule has 0 aromatic carbocycles. The molecule has 1 rings (SSSR count). The van der Waals surface area contributed by atoms with E-state index in [0.29, 0.717) is 6.67 Å². The maximum atomic E-state index is 10.5. The van der Waals surface area contributed by atoms with Gasteiger partial charge in [0.05, 0.1) is 6.67 Å². The summed E-state index contributed by atoms with van der Waals surface area (Å²) in [6, 6.07) is -0.312. The van der Waals surface area contributed by atoms with Crippen molar-refractivity contribution in [1.29, 1.82) is 0 Å². The number of urea groups is 1. The summed E-state index contributed by atoms with van der Waals surface area (Å²) in [5.74, 6) is 0. The number of hydrogen-bond donors (Lipinski definition) is 1. The van der Waals surface area contributed by atoms with Crippen molar-refractivity contribution < 1.29 is 4.79 Å². The van der Waals surface area contributed by atoms with Crippen molar-refractivity contribution in [2.24, 2.45) is 0 Å². The minimum absolute atomic E-state index is 0.245. The van der Waals surface area contributed by atoms with Crippen LogP contribution in [0.3, 0.4) is 0 Å². The Morgan fingerprint density at radius 3 is 2.67 bits per heavy atom. The molecule has 52 valence electrons. The lowest BCUT2D eigenvalue weighted by Crippen LogP contribution is -2.48. The van der Waals surface area contributed by atoms with E-state index < -0.39 is 0 Å². The molecule has 1 N–H and O–H groups in total. The zero-order valence-electron chi connectivity index (χ0n) is 4.47. The van der Waals surface area contributed by atoms with Gasteiger partial charge in [0, 0.05) is 11.8 Å². The van der Waals surface area contributed by atoms with Crippen LogP contribution in [0.2, 0.25) is 0 Å². The Kier molecular flexibility index (Phi) is 2.00. The summed E-state index contributed by atoms with van der Waals surface area (Å²) in [7, 11) is 0. The van der Waals surface area contributed by atoms with E-state index in [1.807, 2.05) is 0 Å². The first kappa shape index (κ1) is 6.92. The maximum absolute atomic E-state index is 10.5. The highest BCUT2D eigenvalue weighted by molar-refractivity contribution is 6.22. The van der Waals surface area contributed by atoms with Crippen LogP contribution in [0.25, 0.3) is 0 Å².